The molecular weight excluding hydrogens is 269 g/mol. The summed E-state index contributed by atoms with van der Waals surface area (Å²) in [5.41, 5.74) is 6.86. The molecule has 0 heterocycles. The van der Waals surface area contributed by atoms with Gasteiger partial charge in [-0.1, -0.05) is 6.07 Å². The van der Waals surface area contributed by atoms with Crippen LogP contribution in [0, 0.1) is 11.2 Å². The van der Waals surface area contributed by atoms with Crippen LogP contribution in [0.15, 0.2) is 48.5 Å². The van der Waals surface area contributed by atoms with Crippen molar-refractivity contribution in [2.24, 2.45) is 5.73 Å². The molecule has 2 rings (SSSR count). The van der Waals surface area contributed by atoms with Gasteiger partial charge in [0.25, 0.3) is 0 Å². The molecule has 4 nitrogen and oxygen atoms in total. The maximum absolute atomic E-state index is 13.1. The highest BCUT2D eigenvalue weighted by atomic mass is 19.1. The van der Waals surface area contributed by atoms with Gasteiger partial charge in [-0.25, -0.2) is 4.39 Å². The van der Waals surface area contributed by atoms with Crippen molar-refractivity contribution in [3.8, 4) is 5.75 Å². The van der Waals surface area contributed by atoms with E-state index in [-0.39, 0.29) is 11.7 Å². The molecule has 2 aromatic rings. The van der Waals surface area contributed by atoms with Gasteiger partial charge >= 0.3 is 0 Å². The minimum absolute atomic E-state index is 0.0346. The standard InChI is InChI=1S/C16H18FN3O/c1-20(14-4-2-3-13(17)11-14)9-10-21-15-7-5-12(6-8-15)16(18)19/h2-8,11H,9-10H2,1H3,(H3,18,19). The Hall–Kier alpha value is -2.56. The largest absolute Gasteiger partial charge is 0.492 e. The van der Waals surface area contributed by atoms with Crippen LogP contribution in [0.5, 0.6) is 5.75 Å². The maximum Gasteiger partial charge on any atom is 0.125 e. The Balaban J connectivity index is 1.85. The number of ether oxygens (including phenoxy) is 1. The number of rotatable bonds is 6. The van der Waals surface area contributed by atoms with Crippen LogP contribution < -0.4 is 15.4 Å². The normalized spacial score (nSPS) is 10.2. The molecule has 21 heavy (non-hydrogen) atoms. The Morgan fingerprint density at radius 3 is 2.57 bits per heavy atom. The quantitative estimate of drug-likeness (QED) is 0.634. The first kappa shape index (κ1) is 14.8. The number of halogens is 1. The fourth-order valence-electron chi connectivity index (χ4n) is 1.87. The second-order valence-electron chi connectivity index (χ2n) is 4.69. The molecule has 5 heteroatoms. The molecule has 0 amide bonds. The van der Waals surface area contributed by atoms with E-state index in [1.807, 2.05) is 18.0 Å². The summed E-state index contributed by atoms with van der Waals surface area (Å²) in [4.78, 5) is 1.92. The number of benzene rings is 2. The van der Waals surface area contributed by atoms with Gasteiger partial charge in [-0.05, 0) is 42.5 Å². The predicted octanol–water partition coefficient (Wildman–Crippen LogP) is 2.62. The number of hydrogen-bond acceptors (Lipinski definition) is 3. The number of nitrogens with one attached hydrogen (secondary N) is 1. The lowest BCUT2D eigenvalue weighted by Gasteiger charge is -2.19. The van der Waals surface area contributed by atoms with Crippen LogP contribution in [0.4, 0.5) is 10.1 Å². The van der Waals surface area contributed by atoms with Crippen LogP contribution in [0.25, 0.3) is 0 Å². The molecule has 0 aliphatic heterocycles. The molecule has 0 saturated heterocycles. The van der Waals surface area contributed by atoms with Crippen molar-refractivity contribution >= 4 is 11.5 Å². The first-order chi connectivity index (χ1) is 10.1. The minimum Gasteiger partial charge on any atom is -0.492 e. The summed E-state index contributed by atoms with van der Waals surface area (Å²) in [5.74, 6) is 0.500. The summed E-state index contributed by atoms with van der Waals surface area (Å²) < 4.78 is 18.7. The van der Waals surface area contributed by atoms with Gasteiger partial charge in [0.15, 0.2) is 0 Å². The monoisotopic (exact) mass is 287 g/mol. The van der Waals surface area contributed by atoms with Crippen molar-refractivity contribution in [1.29, 1.82) is 5.41 Å². The summed E-state index contributed by atoms with van der Waals surface area (Å²) in [7, 11) is 1.89. The molecule has 0 aliphatic carbocycles. The van der Waals surface area contributed by atoms with E-state index in [0.717, 1.165) is 5.69 Å². The van der Waals surface area contributed by atoms with Crippen molar-refractivity contribution in [2.75, 3.05) is 25.1 Å². The summed E-state index contributed by atoms with van der Waals surface area (Å²) in [6.07, 6.45) is 0. The lowest BCUT2D eigenvalue weighted by atomic mass is 10.2. The van der Waals surface area contributed by atoms with Crippen LogP contribution in [0.3, 0.4) is 0 Å². The van der Waals surface area contributed by atoms with Gasteiger partial charge in [0, 0.05) is 18.3 Å². The number of hydrogen-bond donors (Lipinski definition) is 2. The zero-order valence-corrected chi connectivity index (χ0v) is 11.8. The third-order valence-electron chi connectivity index (χ3n) is 3.11. The second-order valence-corrected chi connectivity index (χ2v) is 4.69. The third-order valence-corrected chi connectivity index (χ3v) is 3.11. The van der Waals surface area contributed by atoms with E-state index in [2.05, 4.69) is 0 Å². The van der Waals surface area contributed by atoms with Gasteiger partial charge in [0.05, 0.1) is 6.54 Å². The molecule has 0 spiro atoms. The molecule has 2 aromatic carbocycles. The summed E-state index contributed by atoms with van der Waals surface area (Å²) >= 11 is 0. The minimum atomic E-state index is -0.250. The molecule has 110 valence electrons. The van der Waals surface area contributed by atoms with Crippen LogP contribution in [-0.2, 0) is 0 Å². The van der Waals surface area contributed by atoms with Crippen molar-refractivity contribution in [1.82, 2.24) is 0 Å². The third kappa shape index (κ3) is 4.21. The van der Waals surface area contributed by atoms with E-state index in [1.165, 1.54) is 12.1 Å². The molecule has 0 aliphatic rings. The predicted molar refractivity (Wildman–Crippen MR) is 82.6 cm³/mol. The lowest BCUT2D eigenvalue weighted by molar-refractivity contribution is 0.326. The number of anilines is 1. The van der Waals surface area contributed by atoms with Crippen molar-refractivity contribution in [3.05, 3.63) is 59.9 Å². The molecule has 0 saturated carbocycles. The van der Waals surface area contributed by atoms with E-state index in [0.29, 0.717) is 24.5 Å². The Bertz CT molecular complexity index is 613. The molecule has 0 aromatic heterocycles. The number of nitrogens with two attached hydrogens (primary N) is 1. The first-order valence-electron chi connectivity index (χ1n) is 6.60. The van der Waals surface area contributed by atoms with Crippen molar-refractivity contribution < 1.29 is 9.13 Å². The zero-order valence-electron chi connectivity index (χ0n) is 11.8. The molecule has 3 N–H and O–H groups in total. The summed E-state index contributed by atoms with van der Waals surface area (Å²) in [6, 6.07) is 13.5. The molecule has 0 radical (unpaired) electrons. The van der Waals surface area contributed by atoms with Crippen LogP contribution in [0.1, 0.15) is 5.56 Å². The maximum atomic E-state index is 13.1. The highest BCUT2D eigenvalue weighted by Crippen LogP contribution is 2.15. The Labute approximate surface area is 123 Å². The molecule has 0 atom stereocenters. The van der Waals surface area contributed by atoms with Crippen LogP contribution >= 0.6 is 0 Å². The van der Waals surface area contributed by atoms with Gasteiger partial charge in [-0.15, -0.1) is 0 Å². The van der Waals surface area contributed by atoms with E-state index < -0.39 is 0 Å². The molecule has 0 unspecified atom stereocenters. The number of likely N-dealkylation sites (N-methyl/N-ethyl adjacent to an activating group) is 1. The summed E-state index contributed by atoms with van der Waals surface area (Å²) in [6.45, 7) is 1.12. The lowest BCUT2D eigenvalue weighted by Crippen LogP contribution is -2.23. The van der Waals surface area contributed by atoms with Crippen molar-refractivity contribution in [2.45, 2.75) is 0 Å². The van der Waals surface area contributed by atoms with Gasteiger partial charge in [0.2, 0.25) is 0 Å². The Kier molecular flexibility index (Phi) is 4.77. The number of nitrogens with zero attached hydrogens (tertiary/aromatic N) is 1. The molecule has 0 fully saturated rings. The topological polar surface area (TPSA) is 62.3 Å². The fraction of sp³-hybridized carbons (Fsp3) is 0.188. The number of nitrogen functional groups attached to an aromatic ring is 1. The number of amidine groups is 1. The average molecular weight is 287 g/mol. The van der Waals surface area contributed by atoms with Crippen LogP contribution in [-0.4, -0.2) is 26.0 Å². The highest BCUT2D eigenvalue weighted by molar-refractivity contribution is 5.94. The van der Waals surface area contributed by atoms with Gasteiger partial charge in [-0.2, -0.15) is 0 Å². The fourth-order valence-corrected chi connectivity index (χ4v) is 1.87. The van der Waals surface area contributed by atoms with Crippen molar-refractivity contribution in [3.63, 3.8) is 0 Å². The van der Waals surface area contributed by atoms with Crippen LogP contribution in [0.2, 0.25) is 0 Å². The summed E-state index contributed by atoms with van der Waals surface area (Å²) in [5, 5.41) is 7.31. The SMILES string of the molecule is CN(CCOc1ccc(C(=N)N)cc1)c1cccc(F)c1. The highest BCUT2D eigenvalue weighted by Gasteiger charge is 2.03. The molecular formula is C16H18FN3O. The van der Waals surface area contributed by atoms with E-state index in [1.54, 1.807) is 30.3 Å². The van der Waals surface area contributed by atoms with E-state index >= 15 is 0 Å². The smallest absolute Gasteiger partial charge is 0.125 e. The van der Waals surface area contributed by atoms with E-state index in [4.69, 9.17) is 15.9 Å². The van der Waals surface area contributed by atoms with Gasteiger partial charge in [-0.3, -0.25) is 5.41 Å². The Morgan fingerprint density at radius 2 is 1.95 bits per heavy atom. The first-order valence-corrected chi connectivity index (χ1v) is 6.60. The molecule has 0 bridgehead atoms. The second kappa shape index (κ2) is 6.74. The van der Waals surface area contributed by atoms with Gasteiger partial charge < -0.3 is 15.4 Å². The van der Waals surface area contributed by atoms with Gasteiger partial charge in [0.1, 0.15) is 24.0 Å². The average Bonchev–Trinajstić information content (AvgIpc) is 2.47. The van der Waals surface area contributed by atoms with E-state index in [9.17, 15) is 4.39 Å². The Morgan fingerprint density at radius 1 is 1.24 bits per heavy atom. The zero-order chi connectivity index (χ0) is 15.2.